The minimum absolute atomic E-state index is 0.141. The Bertz CT molecular complexity index is 104. The number of aliphatic hydroxyl groups is 3. The first kappa shape index (κ1) is 8.97. The Labute approximate surface area is 66.7 Å². The quantitative estimate of drug-likeness (QED) is 0.526. The van der Waals surface area contributed by atoms with Crippen LogP contribution in [0.1, 0.15) is 12.8 Å². The van der Waals surface area contributed by atoms with Crippen molar-refractivity contribution in [3.63, 3.8) is 0 Å². The molecule has 3 nitrogen and oxygen atoms in total. The number of rotatable bonds is 3. The summed E-state index contributed by atoms with van der Waals surface area (Å²) >= 11 is 0. The minimum Gasteiger partial charge on any atom is -0.396 e. The van der Waals surface area contributed by atoms with E-state index in [0.29, 0.717) is 5.92 Å². The normalized spacial score (nSPS) is 37.9. The van der Waals surface area contributed by atoms with Crippen molar-refractivity contribution in [2.24, 2.45) is 17.8 Å². The van der Waals surface area contributed by atoms with Crippen molar-refractivity contribution in [3.8, 4) is 0 Å². The summed E-state index contributed by atoms with van der Waals surface area (Å²) in [6, 6.07) is 0. The highest BCUT2D eigenvalue weighted by Crippen LogP contribution is 2.35. The fourth-order valence-corrected chi connectivity index (χ4v) is 1.93. The van der Waals surface area contributed by atoms with Crippen molar-refractivity contribution < 1.29 is 15.3 Å². The van der Waals surface area contributed by atoms with Gasteiger partial charge in [-0.3, -0.25) is 0 Å². The molecular formula is C8H16O3. The molecule has 1 aliphatic carbocycles. The highest BCUT2D eigenvalue weighted by molar-refractivity contribution is 4.82. The van der Waals surface area contributed by atoms with Gasteiger partial charge in [-0.2, -0.15) is 0 Å². The number of aliphatic hydroxyl groups excluding tert-OH is 3. The fraction of sp³-hybridized carbons (Fsp3) is 1.00. The average Bonchev–Trinajstić information content (AvgIpc) is 2.46. The van der Waals surface area contributed by atoms with E-state index in [2.05, 4.69) is 0 Å². The molecule has 0 amide bonds. The molecule has 0 bridgehead atoms. The highest BCUT2D eigenvalue weighted by atomic mass is 16.3. The van der Waals surface area contributed by atoms with Crippen molar-refractivity contribution in [2.75, 3.05) is 19.8 Å². The van der Waals surface area contributed by atoms with Gasteiger partial charge in [0.05, 0.1) is 0 Å². The maximum atomic E-state index is 8.89. The van der Waals surface area contributed by atoms with Crippen molar-refractivity contribution in [1.29, 1.82) is 0 Å². The molecule has 0 aromatic heterocycles. The smallest absolute Gasteiger partial charge is 0.0462 e. The van der Waals surface area contributed by atoms with Crippen molar-refractivity contribution >= 4 is 0 Å². The van der Waals surface area contributed by atoms with Gasteiger partial charge in [0.1, 0.15) is 0 Å². The highest BCUT2D eigenvalue weighted by Gasteiger charge is 2.32. The predicted molar refractivity (Wildman–Crippen MR) is 41.0 cm³/mol. The van der Waals surface area contributed by atoms with E-state index in [1.54, 1.807) is 0 Å². The fourth-order valence-electron chi connectivity index (χ4n) is 1.93. The molecule has 1 rings (SSSR count). The molecular weight excluding hydrogens is 144 g/mol. The van der Waals surface area contributed by atoms with E-state index in [0.717, 1.165) is 12.8 Å². The predicted octanol–water partition coefficient (Wildman–Crippen LogP) is -0.394. The monoisotopic (exact) mass is 160 g/mol. The van der Waals surface area contributed by atoms with Gasteiger partial charge < -0.3 is 15.3 Å². The zero-order valence-electron chi connectivity index (χ0n) is 6.61. The maximum absolute atomic E-state index is 8.89. The molecule has 0 radical (unpaired) electrons. The third-order valence-electron chi connectivity index (χ3n) is 2.67. The van der Waals surface area contributed by atoms with Crippen LogP contribution in [-0.2, 0) is 0 Å². The molecule has 0 spiro atoms. The summed E-state index contributed by atoms with van der Waals surface area (Å²) in [6.45, 7) is 0.469. The second-order valence-electron chi connectivity index (χ2n) is 3.41. The first-order valence-electron chi connectivity index (χ1n) is 4.14. The van der Waals surface area contributed by atoms with Crippen LogP contribution in [0.4, 0.5) is 0 Å². The van der Waals surface area contributed by atoms with Gasteiger partial charge >= 0.3 is 0 Å². The van der Waals surface area contributed by atoms with E-state index in [-0.39, 0.29) is 31.7 Å². The van der Waals surface area contributed by atoms with Gasteiger partial charge in [0.25, 0.3) is 0 Å². The van der Waals surface area contributed by atoms with Gasteiger partial charge in [-0.25, -0.2) is 0 Å². The second-order valence-corrected chi connectivity index (χ2v) is 3.41. The molecule has 0 aromatic carbocycles. The molecule has 11 heavy (non-hydrogen) atoms. The molecule has 1 aliphatic rings. The maximum Gasteiger partial charge on any atom is 0.0462 e. The van der Waals surface area contributed by atoms with Gasteiger partial charge in [0.15, 0.2) is 0 Å². The van der Waals surface area contributed by atoms with Crippen LogP contribution >= 0.6 is 0 Å². The van der Waals surface area contributed by atoms with E-state index in [4.69, 9.17) is 15.3 Å². The van der Waals surface area contributed by atoms with Gasteiger partial charge in [0, 0.05) is 19.8 Å². The van der Waals surface area contributed by atoms with Gasteiger partial charge in [-0.05, 0) is 30.6 Å². The van der Waals surface area contributed by atoms with E-state index in [1.165, 1.54) is 0 Å². The summed E-state index contributed by atoms with van der Waals surface area (Å²) in [4.78, 5) is 0. The topological polar surface area (TPSA) is 60.7 Å². The van der Waals surface area contributed by atoms with Crippen molar-refractivity contribution in [2.45, 2.75) is 12.8 Å². The first-order valence-corrected chi connectivity index (χ1v) is 4.14. The molecule has 3 N–H and O–H groups in total. The van der Waals surface area contributed by atoms with Gasteiger partial charge in [-0.15, -0.1) is 0 Å². The molecule has 1 saturated carbocycles. The van der Waals surface area contributed by atoms with Gasteiger partial charge in [0.2, 0.25) is 0 Å². The van der Waals surface area contributed by atoms with Crippen LogP contribution in [0.5, 0.6) is 0 Å². The largest absolute Gasteiger partial charge is 0.396 e. The van der Waals surface area contributed by atoms with Crippen LogP contribution in [0.3, 0.4) is 0 Å². The first-order chi connectivity index (χ1) is 5.31. The van der Waals surface area contributed by atoms with E-state index < -0.39 is 0 Å². The van der Waals surface area contributed by atoms with Gasteiger partial charge in [-0.1, -0.05) is 0 Å². The standard InChI is InChI=1S/C8H16O3/c9-3-6-1-7(4-10)8(2-6)5-11/h6-11H,1-5H2. The molecule has 0 saturated heterocycles. The van der Waals surface area contributed by atoms with E-state index in [9.17, 15) is 0 Å². The molecule has 0 aromatic rings. The molecule has 0 aliphatic heterocycles. The summed E-state index contributed by atoms with van der Waals surface area (Å²) in [7, 11) is 0. The Morgan fingerprint density at radius 1 is 0.818 bits per heavy atom. The summed E-state index contributed by atoms with van der Waals surface area (Å²) in [5.74, 6) is 0.707. The Hall–Kier alpha value is -0.120. The third kappa shape index (κ3) is 1.92. The Balaban J connectivity index is 2.41. The molecule has 1 fully saturated rings. The lowest BCUT2D eigenvalue weighted by Gasteiger charge is -2.12. The molecule has 3 heteroatoms. The van der Waals surface area contributed by atoms with Crippen LogP contribution in [0.2, 0.25) is 0 Å². The minimum atomic E-state index is 0.141. The summed E-state index contributed by atoms with van der Waals surface area (Å²) < 4.78 is 0. The van der Waals surface area contributed by atoms with Crippen molar-refractivity contribution in [3.05, 3.63) is 0 Å². The Kier molecular flexibility index (Phi) is 3.30. The number of hydrogen-bond donors (Lipinski definition) is 3. The Morgan fingerprint density at radius 3 is 1.55 bits per heavy atom. The lowest BCUT2D eigenvalue weighted by atomic mass is 9.98. The molecule has 2 unspecified atom stereocenters. The summed E-state index contributed by atoms with van der Waals surface area (Å²) in [6.07, 6.45) is 1.72. The second kappa shape index (κ2) is 4.04. The van der Waals surface area contributed by atoms with Crippen LogP contribution in [-0.4, -0.2) is 35.1 Å². The number of hydrogen-bond acceptors (Lipinski definition) is 3. The van der Waals surface area contributed by atoms with Crippen LogP contribution in [0, 0.1) is 17.8 Å². The third-order valence-corrected chi connectivity index (χ3v) is 2.67. The van der Waals surface area contributed by atoms with Crippen LogP contribution in [0.25, 0.3) is 0 Å². The molecule has 66 valence electrons. The van der Waals surface area contributed by atoms with Crippen molar-refractivity contribution in [1.82, 2.24) is 0 Å². The zero-order valence-corrected chi connectivity index (χ0v) is 6.61. The molecule has 0 heterocycles. The molecule has 2 atom stereocenters. The van der Waals surface area contributed by atoms with E-state index >= 15 is 0 Å². The Morgan fingerprint density at radius 2 is 1.27 bits per heavy atom. The summed E-state index contributed by atoms with van der Waals surface area (Å²) in [5.41, 5.74) is 0. The van der Waals surface area contributed by atoms with E-state index in [1.807, 2.05) is 0 Å². The SMILES string of the molecule is OCC1CC(CO)C(CO)C1. The zero-order chi connectivity index (χ0) is 8.27. The lowest BCUT2D eigenvalue weighted by molar-refractivity contribution is 0.141. The van der Waals surface area contributed by atoms with Crippen LogP contribution in [0.15, 0.2) is 0 Å². The average molecular weight is 160 g/mol. The van der Waals surface area contributed by atoms with Crippen LogP contribution < -0.4 is 0 Å². The lowest BCUT2D eigenvalue weighted by Crippen LogP contribution is -2.15. The summed E-state index contributed by atoms with van der Waals surface area (Å²) in [5, 5.41) is 26.6.